The predicted molar refractivity (Wildman–Crippen MR) is 117 cm³/mol. The number of amides is 1. The molecule has 11 heteroatoms. The van der Waals surface area contributed by atoms with Crippen molar-refractivity contribution in [3.05, 3.63) is 22.2 Å². The van der Waals surface area contributed by atoms with Gasteiger partial charge in [0.25, 0.3) is 0 Å². The van der Waals surface area contributed by atoms with Gasteiger partial charge in [0.05, 0.1) is 12.0 Å². The number of aromatic nitrogens is 5. The Bertz CT molecular complexity index is 1060. The molecule has 9 nitrogen and oxygen atoms in total. The van der Waals surface area contributed by atoms with Crippen LogP contribution in [0.15, 0.2) is 6.33 Å². The first-order valence-electron chi connectivity index (χ1n) is 10.2. The number of nitrogens with one attached hydrogen (secondary N) is 3. The number of nitrogens with zero attached hydrogens (tertiary/aromatic N) is 5. The summed E-state index contributed by atoms with van der Waals surface area (Å²) in [6.45, 7) is 1.79. The lowest BCUT2D eigenvalue weighted by Crippen LogP contribution is -2.28. The van der Waals surface area contributed by atoms with Crippen LogP contribution in [-0.4, -0.2) is 44.0 Å². The van der Waals surface area contributed by atoms with E-state index >= 15 is 0 Å². The first kappa shape index (κ1) is 19.7. The van der Waals surface area contributed by atoms with E-state index in [1.54, 1.807) is 24.7 Å². The number of fused-ring (bicyclic) bond motifs is 2. The normalized spacial score (nSPS) is 21.4. The van der Waals surface area contributed by atoms with Gasteiger partial charge < -0.3 is 20.5 Å². The zero-order chi connectivity index (χ0) is 20.7. The molecule has 1 fully saturated rings. The predicted octanol–water partition coefficient (Wildman–Crippen LogP) is 2.99. The molecule has 0 aromatic carbocycles. The Morgan fingerprint density at radius 1 is 1.27 bits per heavy atom. The van der Waals surface area contributed by atoms with Gasteiger partial charge in [-0.25, -0.2) is 9.97 Å². The van der Waals surface area contributed by atoms with Gasteiger partial charge in [0.1, 0.15) is 0 Å². The second kappa shape index (κ2) is 8.09. The van der Waals surface area contributed by atoms with Gasteiger partial charge in [-0.05, 0) is 37.3 Å². The van der Waals surface area contributed by atoms with E-state index in [1.165, 1.54) is 4.88 Å². The minimum Gasteiger partial charge on any atom is -0.371 e. The third kappa shape index (κ3) is 3.63. The number of carbonyl (C=O) groups is 1. The summed E-state index contributed by atoms with van der Waals surface area (Å²) >= 11 is 7.67. The zero-order valence-corrected chi connectivity index (χ0v) is 18.2. The van der Waals surface area contributed by atoms with Gasteiger partial charge in [-0.15, -0.1) is 11.3 Å². The van der Waals surface area contributed by atoms with Crippen molar-refractivity contribution in [1.82, 2.24) is 29.8 Å². The minimum atomic E-state index is 0.00109. The highest BCUT2D eigenvalue weighted by molar-refractivity contribution is 7.15. The van der Waals surface area contributed by atoms with E-state index in [2.05, 4.69) is 40.5 Å². The van der Waals surface area contributed by atoms with Gasteiger partial charge in [-0.1, -0.05) is 0 Å². The standard InChI is InChI=1S/C19H23ClN8OS/c1-21-15-14-16(26-18(20)25-15)28(9-23-14)11-4-2-10(3-5-11)17(29)27-19-24-12-6-7-22-8-13(12)30-19/h9-11,22H,2-8H2,1H3,(H,21,25,26)(H,24,27,29). The van der Waals surface area contributed by atoms with Crippen molar-refractivity contribution in [2.75, 3.05) is 24.2 Å². The highest BCUT2D eigenvalue weighted by Gasteiger charge is 2.29. The van der Waals surface area contributed by atoms with Gasteiger partial charge in [0.15, 0.2) is 22.1 Å². The highest BCUT2D eigenvalue weighted by atomic mass is 35.5. The van der Waals surface area contributed by atoms with Gasteiger partial charge >= 0.3 is 0 Å². The van der Waals surface area contributed by atoms with Crippen LogP contribution < -0.4 is 16.0 Å². The summed E-state index contributed by atoms with van der Waals surface area (Å²) in [6, 6.07) is 0.243. The van der Waals surface area contributed by atoms with Crippen molar-refractivity contribution < 1.29 is 4.79 Å². The van der Waals surface area contributed by atoms with Crippen molar-refractivity contribution in [2.45, 2.75) is 44.7 Å². The Morgan fingerprint density at radius 3 is 2.87 bits per heavy atom. The molecule has 0 atom stereocenters. The summed E-state index contributed by atoms with van der Waals surface area (Å²) in [6.07, 6.45) is 6.14. The van der Waals surface area contributed by atoms with Crippen molar-refractivity contribution in [3.8, 4) is 0 Å². The highest BCUT2D eigenvalue weighted by Crippen LogP contribution is 2.35. The number of imidazole rings is 1. The van der Waals surface area contributed by atoms with Gasteiger partial charge in [-0.2, -0.15) is 9.97 Å². The van der Waals surface area contributed by atoms with Gasteiger partial charge in [-0.3, -0.25) is 4.79 Å². The van der Waals surface area contributed by atoms with E-state index in [0.29, 0.717) is 11.3 Å². The number of carbonyl (C=O) groups excluding carboxylic acids is 1. The van der Waals surface area contributed by atoms with E-state index in [9.17, 15) is 4.79 Å². The lowest BCUT2D eigenvalue weighted by Gasteiger charge is -2.28. The molecule has 3 aromatic heterocycles. The van der Waals surface area contributed by atoms with E-state index in [4.69, 9.17) is 11.6 Å². The van der Waals surface area contributed by atoms with Gasteiger partial charge in [0.2, 0.25) is 11.2 Å². The topological polar surface area (TPSA) is 110 Å². The summed E-state index contributed by atoms with van der Waals surface area (Å²) in [7, 11) is 1.79. The van der Waals surface area contributed by atoms with Gasteiger partial charge in [0, 0.05) is 43.4 Å². The number of rotatable bonds is 4. The van der Waals surface area contributed by atoms with E-state index in [-0.39, 0.29) is 23.2 Å². The summed E-state index contributed by atoms with van der Waals surface area (Å²) in [5.41, 5.74) is 2.56. The molecule has 2 aliphatic rings. The molecular formula is C19H23ClN8OS. The molecule has 0 radical (unpaired) electrons. The third-order valence-corrected chi connectivity index (χ3v) is 7.11. The van der Waals surface area contributed by atoms with Crippen molar-refractivity contribution in [2.24, 2.45) is 5.92 Å². The molecule has 1 amide bonds. The van der Waals surface area contributed by atoms with E-state index in [1.807, 2.05) is 0 Å². The first-order chi connectivity index (χ1) is 14.6. The number of hydrogen-bond donors (Lipinski definition) is 3. The molecule has 3 aromatic rings. The number of halogens is 1. The van der Waals surface area contributed by atoms with Crippen molar-refractivity contribution in [1.29, 1.82) is 0 Å². The molecule has 1 saturated carbocycles. The molecule has 3 N–H and O–H groups in total. The van der Waals surface area contributed by atoms with E-state index < -0.39 is 0 Å². The van der Waals surface area contributed by atoms with Crippen molar-refractivity contribution in [3.63, 3.8) is 0 Å². The summed E-state index contributed by atoms with van der Waals surface area (Å²) < 4.78 is 2.07. The first-order valence-corrected chi connectivity index (χ1v) is 11.4. The maximum Gasteiger partial charge on any atom is 0.229 e. The van der Waals surface area contributed by atoms with Crippen LogP contribution in [0.4, 0.5) is 10.9 Å². The molecule has 4 heterocycles. The SMILES string of the molecule is CNc1nc(Cl)nc2c1ncn2C1CCC(C(=O)Nc2nc3c(s2)CNCC3)CC1. The third-order valence-electron chi connectivity index (χ3n) is 5.92. The molecular weight excluding hydrogens is 424 g/mol. The fourth-order valence-corrected chi connectivity index (χ4v) is 5.48. The van der Waals surface area contributed by atoms with E-state index in [0.717, 1.165) is 61.7 Å². The van der Waals surface area contributed by atoms with Crippen molar-refractivity contribution >= 4 is 51.0 Å². The largest absolute Gasteiger partial charge is 0.371 e. The lowest BCUT2D eigenvalue weighted by molar-refractivity contribution is -0.120. The Hall–Kier alpha value is -2.30. The van der Waals surface area contributed by atoms with Crippen LogP contribution in [0, 0.1) is 5.92 Å². The summed E-state index contributed by atoms with van der Waals surface area (Å²) in [5.74, 6) is 0.699. The van der Waals surface area contributed by atoms with Crippen LogP contribution in [0.3, 0.4) is 0 Å². The Labute approximate surface area is 182 Å². The molecule has 0 spiro atoms. The Balaban J connectivity index is 1.25. The zero-order valence-electron chi connectivity index (χ0n) is 16.6. The number of hydrogen-bond acceptors (Lipinski definition) is 8. The quantitative estimate of drug-likeness (QED) is 0.528. The summed E-state index contributed by atoms with van der Waals surface area (Å²) in [4.78, 5) is 31.7. The average Bonchev–Trinajstić information content (AvgIpc) is 3.36. The van der Waals surface area contributed by atoms with Crippen LogP contribution >= 0.6 is 22.9 Å². The number of anilines is 2. The Morgan fingerprint density at radius 2 is 2.10 bits per heavy atom. The monoisotopic (exact) mass is 446 g/mol. The van der Waals surface area contributed by atoms with Crippen LogP contribution in [0.2, 0.25) is 5.28 Å². The Kier molecular flexibility index (Phi) is 5.30. The molecule has 1 aliphatic carbocycles. The smallest absolute Gasteiger partial charge is 0.229 e. The molecule has 5 rings (SSSR count). The molecule has 0 saturated heterocycles. The fraction of sp³-hybridized carbons (Fsp3) is 0.526. The van der Waals surface area contributed by atoms with Crippen LogP contribution in [0.25, 0.3) is 11.2 Å². The molecule has 158 valence electrons. The van der Waals surface area contributed by atoms with Crippen LogP contribution in [0.5, 0.6) is 0 Å². The van der Waals surface area contributed by atoms with Crippen LogP contribution in [-0.2, 0) is 17.8 Å². The maximum atomic E-state index is 12.8. The molecule has 30 heavy (non-hydrogen) atoms. The maximum absolute atomic E-state index is 12.8. The lowest BCUT2D eigenvalue weighted by atomic mass is 9.85. The summed E-state index contributed by atoms with van der Waals surface area (Å²) in [5, 5.41) is 10.3. The number of thiazole rings is 1. The minimum absolute atomic E-state index is 0.00109. The molecule has 0 bridgehead atoms. The average molecular weight is 447 g/mol. The second-order valence-electron chi connectivity index (χ2n) is 7.73. The van der Waals surface area contributed by atoms with Crippen LogP contribution in [0.1, 0.15) is 42.3 Å². The second-order valence-corrected chi connectivity index (χ2v) is 9.15. The molecule has 1 aliphatic heterocycles. The molecule has 0 unspecified atom stereocenters. The fourth-order valence-electron chi connectivity index (χ4n) is 4.33.